The average Bonchev–Trinajstić information content (AvgIpc) is 2.77. The first-order valence-corrected chi connectivity index (χ1v) is 8.82. The smallest absolute Gasteiger partial charge is 0.340 e. The number of pyridine rings is 1. The van der Waals surface area contributed by atoms with E-state index >= 15 is 0 Å². The molecule has 0 saturated carbocycles. The molecule has 31 heavy (non-hydrogen) atoms. The highest BCUT2D eigenvalue weighted by molar-refractivity contribution is 6.07. The highest BCUT2D eigenvalue weighted by atomic mass is 16.5. The number of hydrogen-bond donors (Lipinski definition) is 1. The van der Waals surface area contributed by atoms with Gasteiger partial charge in [-0.25, -0.2) is 9.59 Å². The summed E-state index contributed by atoms with van der Waals surface area (Å²) in [4.78, 5) is 29.3. The lowest BCUT2D eigenvalue weighted by molar-refractivity contribution is 0.0599. The van der Waals surface area contributed by atoms with Crippen LogP contribution in [0.15, 0.2) is 35.5 Å². The van der Waals surface area contributed by atoms with E-state index in [-0.39, 0.29) is 28.0 Å². The molecule has 1 aromatic heterocycles. The van der Waals surface area contributed by atoms with Gasteiger partial charge in [-0.3, -0.25) is 4.98 Å². The fourth-order valence-corrected chi connectivity index (χ4v) is 3.02. The summed E-state index contributed by atoms with van der Waals surface area (Å²) in [7, 11) is 2.44. The molecule has 0 aliphatic rings. The summed E-state index contributed by atoms with van der Waals surface area (Å²) in [6.07, 6.45) is 0. The van der Waals surface area contributed by atoms with Crippen molar-refractivity contribution in [1.29, 1.82) is 15.8 Å². The fourth-order valence-electron chi connectivity index (χ4n) is 3.02. The zero-order valence-corrected chi connectivity index (χ0v) is 17.2. The molecule has 9 nitrogen and oxygen atoms in total. The van der Waals surface area contributed by atoms with Crippen LogP contribution in [0.25, 0.3) is 11.1 Å². The molecule has 9 heteroatoms. The Morgan fingerprint density at radius 2 is 1.48 bits per heavy atom. The van der Waals surface area contributed by atoms with Crippen molar-refractivity contribution in [2.75, 3.05) is 19.5 Å². The molecule has 1 aromatic carbocycles. The van der Waals surface area contributed by atoms with Crippen molar-refractivity contribution >= 4 is 17.6 Å². The van der Waals surface area contributed by atoms with Crippen LogP contribution in [-0.4, -0.2) is 31.1 Å². The Balaban J connectivity index is 2.82. The molecular weight excluding hydrogens is 398 g/mol. The van der Waals surface area contributed by atoms with E-state index in [1.54, 1.807) is 56.3 Å². The Morgan fingerprint density at radius 1 is 0.935 bits per heavy atom. The van der Waals surface area contributed by atoms with Crippen LogP contribution in [0.2, 0.25) is 0 Å². The van der Waals surface area contributed by atoms with Gasteiger partial charge in [-0.15, -0.1) is 0 Å². The number of methoxy groups -OCH3 is 2. The molecule has 0 aliphatic heterocycles. The van der Waals surface area contributed by atoms with Crippen LogP contribution in [-0.2, 0) is 9.47 Å². The lowest BCUT2D eigenvalue weighted by Gasteiger charge is -2.17. The molecule has 0 unspecified atom stereocenters. The molecule has 2 aromatic rings. The van der Waals surface area contributed by atoms with E-state index in [4.69, 9.17) is 20.0 Å². The Bertz CT molecular complexity index is 1170. The van der Waals surface area contributed by atoms with Crippen molar-refractivity contribution in [2.24, 2.45) is 0 Å². The monoisotopic (exact) mass is 415 g/mol. The summed E-state index contributed by atoms with van der Waals surface area (Å²) in [6.45, 7) is 3.24. The number of ether oxygens (including phenoxy) is 2. The predicted molar refractivity (Wildman–Crippen MR) is 109 cm³/mol. The maximum Gasteiger partial charge on any atom is 0.340 e. The molecule has 2 rings (SSSR count). The first-order chi connectivity index (χ1) is 14.8. The summed E-state index contributed by atoms with van der Waals surface area (Å²) >= 11 is 0. The summed E-state index contributed by atoms with van der Waals surface area (Å²) in [5, 5.41) is 30.0. The number of anilines is 1. The van der Waals surface area contributed by atoms with E-state index in [9.17, 15) is 14.9 Å². The molecule has 1 N–H and O–H groups in total. The zero-order chi connectivity index (χ0) is 23.1. The first kappa shape index (κ1) is 22.6. The van der Waals surface area contributed by atoms with Crippen LogP contribution in [0.3, 0.4) is 0 Å². The molecule has 0 radical (unpaired) electrons. The Labute approximate surface area is 178 Å². The summed E-state index contributed by atoms with van der Waals surface area (Å²) < 4.78 is 9.78. The highest BCUT2D eigenvalue weighted by Crippen LogP contribution is 2.34. The second-order valence-electron chi connectivity index (χ2n) is 6.18. The SMILES string of the molecule is COC(=O)c1c(C)nc(C)c(C(=O)OC)c1-c1cccc(NC(C#N)=C(C#N)C#N)c1. The van der Waals surface area contributed by atoms with E-state index in [0.717, 1.165) is 0 Å². The van der Waals surface area contributed by atoms with Gasteiger partial charge in [0.1, 0.15) is 23.9 Å². The van der Waals surface area contributed by atoms with Gasteiger partial charge in [-0.05, 0) is 31.5 Å². The number of nitrogens with one attached hydrogen (secondary N) is 1. The number of allylic oxidation sites excluding steroid dienone is 2. The van der Waals surface area contributed by atoms with Gasteiger partial charge in [0, 0.05) is 11.3 Å². The van der Waals surface area contributed by atoms with Crippen molar-refractivity contribution in [3.8, 4) is 29.3 Å². The Kier molecular flexibility index (Phi) is 7.06. The average molecular weight is 415 g/mol. The van der Waals surface area contributed by atoms with Gasteiger partial charge >= 0.3 is 11.9 Å². The van der Waals surface area contributed by atoms with Crippen molar-refractivity contribution in [1.82, 2.24) is 4.98 Å². The van der Waals surface area contributed by atoms with Crippen molar-refractivity contribution in [2.45, 2.75) is 13.8 Å². The van der Waals surface area contributed by atoms with Crippen LogP contribution < -0.4 is 5.32 Å². The number of carbonyl (C=O) groups excluding carboxylic acids is 2. The number of nitriles is 3. The number of carbonyl (C=O) groups is 2. The van der Waals surface area contributed by atoms with Crippen LogP contribution in [0, 0.1) is 47.8 Å². The number of aryl methyl sites for hydroxylation is 2. The Hall–Kier alpha value is -4.68. The third-order valence-electron chi connectivity index (χ3n) is 4.34. The third kappa shape index (κ3) is 4.50. The topological polar surface area (TPSA) is 149 Å². The first-order valence-electron chi connectivity index (χ1n) is 8.82. The van der Waals surface area contributed by atoms with Gasteiger partial charge < -0.3 is 14.8 Å². The van der Waals surface area contributed by atoms with Gasteiger partial charge in [0.15, 0.2) is 5.57 Å². The molecular formula is C22H17N5O4. The number of benzene rings is 1. The molecule has 0 aliphatic carbocycles. The van der Waals surface area contributed by atoms with Gasteiger partial charge in [-0.1, -0.05) is 12.1 Å². The minimum absolute atomic E-state index is 0.0939. The number of nitrogens with zero attached hydrogens (tertiary/aromatic N) is 4. The van der Waals surface area contributed by atoms with Crippen molar-refractivity contribution in [3.05, 3.63) is 58.1 Å². The number of aromatic nitrogens is 1. The lowest BCUT2D eigenvalue weighted by atomic mass is 9.92. The highest BCUT2D eigenvalue weighted by Gasteiger charge is 2.27. The summed E-state index contributed by atoms with van der Waals surface area (Å²) in [6, 6.07) is 11.5. The minimum atomic E-state index is -0.683. The molecule has 0 bridgehead atoms. The molecule has 1 heterocycles. The fraction of sp³-hybridized carbons (Fsp3) is 0.182. The van der Waals surface area contributed by atoms with Gasteiger partial charge in [0.2, 0.25) is 0 Å². The zero-order valence-electron chi connectivity index (χ0n) is 17.2. The Morgan fingerprint density at radius 3 is 1.94 bits per heavy atom. The molecule has 0 spiro atoms. The number of hydrogen-bond acceptors (Lipinski definition) is 9. The van der Waals surface area contributed by atoms with Crippen LogP contribution >= 0.6 is 0 Å². The quantitative estimate of drug-likeness (QED) is 0.574. The van der Waals surface area contributed by atoms with Gasteiger partial charge in [0.05, 0.1) is 36.7 Å². The number of rotatable bonds is 5. The van der Waals surface area contributed by atoms with E-state index < -0.39 is 11.9 Å². The number of esters is 2. The molecule has 0 fully saturated rings. The van der Waals surface area contributed by atoms with E-state index in [0.29, 0.717) is 22.6 Å². The normalized spacial score (nSPS) is 9.45. The summed E-state index contributed by atoms with van der Waals surface area (Å²) in [5.74, 6) is -1.37. The molecule has 0 saturated heterocycles. The predicted octanol–water partition coefficient (Wildman–Crippen LogP) is 3.18. The largest absolute Gasteiger partial charge is 0.465 e. The van der Waals surface area contributed by atoms with Gasteiger partial charge in [-0.2, -0.15) is 15.8 Å². The van der Waals surface area contributed by atoms with E-state index in [2.05, 4.69) is 10.3 Å². The van der Waals surface area contributed by atoms with Crippen molar-refractivity contribution < 1.29 is 19.1 Å². The molecule has 0 amide bonds. The van der Waals surface area contributed by atoms with Gasteiger partial charge in [0.25, 0.3) is 0 Å². The maximum absolute atomic E-state index is 12.5. The van der Waals surface area contributed by atoms with Crippen LogP contribution in [0.5, 0.6) is 0 Å². The second-order valence-corrected chi connectivity index (χ2v) is 6.18. The molecule has 0 atom stereocenters. The summed E-state index contributed by atoms with van der Waals surface area (Å²) in [5.41, 5.74) is 1.35. The maximum atomic E-state index is 12.5. The van der Waals surface area contributed by atoms with Crippen molar-refractivity contribution in [3.63, 3.8) is 0 Å². The van der Waals surface area contributed by atoms with E-state index in [1.165, 1.54) is 14.2 Å². The van der Waals surface area contributed by atoms with Crippen LogP contribution in [0.1, 0.15) is 32.1 Å². The lowest BCUT2D eigenvalue weighted by Crippen LogP contribution is -2.16. The second kappa shape index (κ2) is 9.69. The standard InChI is InChI=1S/C22H17N5O4/c1-12-18(21(28)30-3)20(19(13(2)26-12)22(29)31-4)14-6-5-7-16(8-14)27-17(11-25)15(9-23)10-24/h5-8,27H,1-4H3. The van der Waals surface area contributed by atoms with E-state index in [1.807, 2.05) is 0 Å². The minimum Gasteiger partial charge on any atom is -0.465 e. The van der Waals surface area contributed by atoms with Crippen LogP contribution in [0.4, 0.5) is 5.69 Å². The third-order valence-corrected chi connectivity index (χ3v) is 4.34. The molecule has 154 valence electrons.